The van der Waals surface area contributed by atoms with Gasteiger partial charge in [0.15, 0.2) is 0 Å². The number of rotatable bonds is 2. The van der Waals surface area contributed by atoms with Gasteiger partial charge in [0.05, 0.1) is 0 Å². The van der Waals surface area contributed by atoms with Crippen LogP contribution in [0.2, 0.25) is 0 Å². The maximum atomic E-state index is 13.4. The molecule has 1 aromatic rings. The summed E-state index contributed by atoms with van der Waals surface area (Å²) in [7, 11) is 0. The van der Waals surface area contributed by atoms with Gasteiger partial charge in [-0.25, -0.2) is 8.78 Å². The second-order valence-corrected chi connectivity index (χ2v) is 4.24. The third-order valence-corrected chi connectivity index (χ3v) is 3.05. The van der Waals surface area contributed by atoms with Crippen LogP contribution in [-0.4, -0.2) is 15.7 Å². The van der Waals surface area contributed by atoms with Gasteiger partial charge in [-0.1, -0.05) is 0 Å². The molecule has 3 nitrogen and oxygen atoms in total. The Hall–Kier alpha value is -1.13. The standard InChI is InChI=1S/C10H15F2N3/c1-7-5-9(13)14-15(7)6-8-3-2-4-10(8,11)12/h5,8H,2-4,6H2,1H3,(H2,13,14). The Labute approximate surface area is 87.3 Å². The summed E-state index contributed by atoms with van der Waals surface area (Å²) in [4.78, 5) is 0. The van der Waals surface area contributed by atoms with Gasteiger partial charge >= 0.3 is 0 Å². The predicted octanol–water partition coefficient (Wildman–Crippen LogP) is 2.21. The lowest BCUT2D eigenvalue weighted by molar-refractivity contribution is -0.0434. The largest absolute Gasteiger partial charge is 0.382 e. The first-order chi connectivity index (χ1) is 6.99. The van der Waals surface area contributed by atoms with Crippen LogP contribution in [0.5, 0.6) is 0 Å². The third kappa shape index (κ3) is 1.96. The summed E-state index contributed by atoms with van der Waals surface area (Å²) in [5, 5.41) is 4.00. The molecule has 1 aliphatic rings. The first kappa shape index (κ1) is 10.4. The molecule has 0 aliphatic heterocycles. The number of nitrogens with zero attached hydrogens (tertiary/aromatic N) is 2. The molecule has 1 heterocycles. The molecule has 1 aliphatic carbocycles. The molecule has 2 rings (SSSR count). The second kappa shape index (κ2) is 3.47. The van der Waals surface area contributed by atoms with Crippen LogP contribution in [0.25, 0.3) is 0 Å². The van der Waals surface area contributed by atoms with Crippen LogP contribution in [-0.2, 0) is 6.54 Å². The van der Waals surface area contributed by atoms with Crippen molar-refractivity contribution in [2.24, 2.45) is 5.92 Å². The summed E-state index contributed by atoms with van der Waals surface area (Å²) in [5.41, 5.74) is 6.34. The number of anilines is 1. The van der Waals surface area contributed by atoms with Crippen LogP contribution < -0.4 is 5.73 Å². The predicted molar refractivity (Wildman–Crippen MR) is 53.7 cm³/mol. The van der Waals surface area contributed by atoms with Gasteiger partial charge in [-0.15, -0.1) is 0 Å². The first-order valence-electron chi connectivity index (χ1n) is 5.17. The van der Waals surface area contributed by atoms with E-state index in [0.29, 0.717) is 18.7 Å². The van der Waals surface area contributed by atoms with Crippen LogP contribution in [0.1, 0.15) is 25.0 Å². The normalized spacial score (nSPS) is 24.6. The lowest BCUT2D eigenvalue weighted by atomic mass is 10.1. The maximum absolute atomic E-state index is 13.4. The smallest absolute Gasteiger partial charge is 0.252 e. The van der Waals surface area contributed by atoms with E-state index in [1.807, 2.05) is 6.92 Å². The zero-order chi connectivity index (χ0) is 11.1. The van der Waals surface area contributed by atoms with Gasteiger partial charge in [-0.3, -0.25) is 4.68 Å². The van der Waals surface area contributed by atoms with Crippen molar-refractivity contribution >= 4 is 5.82 Å². The van der Waals surface area contributed by atoms with E-state index in [1.54, 1.807) is 10.7 Å². The molecule has 84 valence electrons. The van der Waals surface area contributed by atoms with Gasteiger partial charge in [0.25, 0.3) is 5.92 Å². The third-order valence-electron chi connectivity index (χ3n) is 3.05. The highest BCUT2D eigenvalue weighted by Crippen LogP contribution is 2.41. The van der Waals surface area contributed by atoms with Gasteiger partial charge < -0.3 is 5.73 Å². The van der Waals surface area contributed by atoms with Crippen LogP contribution in [0.3, 0.4) is 0 Å². The van der Waals surface area contributed by atoms with Crippen LogP contribution in [0.4, 0.5) is 14.6 Å². The number of halogens is 2. The molecular formula is C10H15F2N3. The number of aryl methyl sites for hydroxylation is 1. The molecule has 1 atom stereocenters. The molecule has 15 heavy (non-hydrogen) atoms. The van der Waals surface area contributed by atoms with Crippen LogP contribution >= 0.6 is 0 Å². The Kier molecular flexibility index (Phi) is 2.40. The topological polar surface area (TPSA) is 43.8 Å². The maximum Gasteiger partial charge on any atom is 0.252 e. The Morgan fingerprint density at radius 1 is 1.67 bits per heavy atom. The van der Waals surface area contributed by atoms with E-state index in [0.717, 1.165) is 5.69 Å². The Bertz CT molecular complexity index is 360. The fourth-order valence-corrected chi connectivity index (χ4v) is 2.15. The molecule has 1 saturated carbocycles. The van der Waals surface area contributed by atoms with Crippen LogP contribution in [0.15, 0.2) is 6.07 Å². The minimum atomic E-state index is -2.53. The van der Waals surface area contributed by atoms with Crippen molar-refractivity contribution < 1.29 is 8.78 Å². The summed E-state index contributed by atoms with van der Waals surface area (Å²) < 4.78 is 28.3. The Balaban J connectivity index is 2.12. The van der Waals surface area contributed by atoms with Gasteiger partial charge in [0, 0.05) is 30.6 Å². The highest BCUT2D eigenvalue weighted by molar-refractivity contribution is 5.28. The number of aromatic nitrogens is 2. The van der Waals surface area contributed by atoms with E-state index in [1.165, 1.54) is 0 Å². The first-order valence-corrected chi connectivity index (χ1v) is 5.17. The number of nitrogen functional groups attached to an aromatic ring is 1. The molecule has 0 saturated heterocycles. The fourth-order valence-electron chi connectivity index (χ4n) is 2.15. The minimum absolute atomic E-state index is 0.00741. The van der Waals surface area contributed by atoms with E-state index in [2.05, 4.69) is 5.10 Å². The second-order valence-electron chi connectivity index (χ2n) is 4.24. The average molecular weight is 215 g/mol. The van der Waals surface area contributed by atoms with Gasteiger partial charge in [0.2, 0.25) is 0 Å². The molecule has 0 spiro atoms. The van der Waals surface area contributed by atoms with E-state index in [4.69, 9.17) is 5.73 Å². The number of alkyl halides is 2. The SMILES string of the molecule is Cc1cc(N)nn1CC1CCCC1(F)F. The lowest BCUT2D eigenvalue weighted by Crippen LogP contribution is -2.26. The van der Waals surface area contributed by atoms with Crippen molar-refractivity contribution in [1.82, 2.24) is 9.78 Å². The van der Waals surface area contributed by atoms with Gasteiger partial charge in [-0.2, -0.15) is 5.10 Å². The summed E-state index contributed by atoms with van der Waals surface area (Å²) in [6.07, 6.45) is 1.19. The van der Waals surface area contributed by atoms with E-state index in [9.17, 15) is 8.78 Å². The van der Waals surface area contributed by atoms with Crippen molar-refractivity contribution in [2.45, 2.75) is 38.7 Å². The summed E-state index contributed by atoms with van der Waals surface area (Å²) >= 11 is 0. The molecule has 1 fully saturated rings. The van der Waals surface area contributed by atoms with E-state index in [-0.39, 0.29) is 13.0 Å². The molecule has 0 radical (unpaired) electrons. The summed E-state index contributed by atoms with van der Waals surface area (Å²) in [6.45, 7) is 2.10. The quantitative estimate of drug-likeness (QED) is 0.822. The van der Waals surface area contributed by atoms with Crippen molar-refractivity contribution in [3.63, 3.8) is 0 Å². The number of nitrogens with two attached hydrogens (primary N) is 1. The van der Waals surface area contributed by atoms with Crippen molar-refractivity contribution in [3.8, 4) is 0 Å². The highest BCUT2D eigenvalue weighted by Gasteiger charge is 2.43. The van der Waals surface area contributed by atoms with E-state index >= 15 is 0 Å². The molecule has 1 unspecified atom stereocenters. The monoisotopic (exact) mass is 215 g/mol. The molecule has 0 amide bonds. The van der Waals surface area contributed by atoms with Crippen molar-refractivity contribution in [3.05, 3.63) is 11.8 Å². The van der Waals surface area contributed by atoms with Crippen molar-refractivity contribution in [2.75, 3.05) is 5.73 Å². The Morgan fingerprint density at radius 3 is 2.87 bits per heavy atom. The van der Waals surface area contributed by atoms with Gasteiger partial charge in [-0.05, 0) is 19.8 Å². The summed E-state index contributed by atoms with van der Waals surface area (Å²) in [6, 6.07) is 1.70. The zero-order valence-corrected chi connectivity index (χ0v) is 8.71. The molecule has 1 aromatic heterocycles. The van der Waals surface area contributed by atoms with Crippen molar-refractivity contribution in [1.29, 1.82) is 0 Å². The lowest BCUT2D eigenvalue weighted by Gasteiger charge is -2.19. The van der Waals surface area contributed by atoms with Gasteiger partial charge in [0.1, 0.15) is 5.82 Å². The number of hydrogen-bond donors (Lipinski definition) is 1. The molecule has 5 heteroatoms. The molecule has 0 aromatic carbocycles. The summed E-state index contributed by atoms with van der Waals surface area (Å²) in [5.74, 6) is -2.73. The molecule has 0 bridgehead atoms. The minimum Gasteiger partial charge on any atom is -0.382 e. The van der Waals surface area contributed by atoms with Crippen LogP contribution in [0, 0.1) is 12.8 Å². The van der Waals surface area contributed by atoms with E-state index < -0.39 is 11.8 Å². The molecule has 2 N–H and O–H groups in total. The zero-order valence-electron chi connectivity index (χ0n) is 8.71. The fraction of sp³-hybridized carbons (Fsp3) is 0.700. The number of hydrogen-bond acceptors (Lipinski definition) is 2. The average Bonchev–Trinajstić information content (AvgIpc) is 2.58. The highest BCUT2D eigenvalue weighted by atomic mass is 19.3. The molecular weight excluding hydrogens is 200 g/mol. The Morgan fingerprint density at radius 2 is 2.40 bits per heavy atom.